The van der Waals surface area contributed by atoms with E-state index in [4.69, 9.17) is 28.4 Å². The molecule has 3 heterocycles. The van der Waals surface area contributed by atoms with Crippen LogP contribution in [0.25, 0.3) is 0 Å². The molecule has 442 valence electrons. The highest BCUT2D eigenvalue weighted by Gasteiger charge is 2.53. The molecule has 75 heavy (non-hydrogen) atoms. The molecule has 3 aliphatic heterocycles. The highest BCUT2D eigenvalue weighted by atomic mass is 16.8. The van der Waals surface area contributed by atoms with Gasteiger partial charge in [-0.05, 0) is 38.5 Å². The monoisotopic (exact) mass is 1080 g/mol. The Kier molecular flexibility index (Phi) is 36.8. The number of nitrogens with one attached hydrogen (secondary N) is 1. The average Bonchev–Trinajstić information content (AvgIpc) is 3.41. The van der Waals surface area contributed by atoms with E-state index >= 15 is 0 Å². The van der Waals surface area contributed by atoms with Crippen molar-refractivity contribution >= 4 is 5.91 Å². The van der Waals surface area contributed by atoms with Gasteiger partial charge >= 0.3 is 0 Å². The van der Waals surface area contributed by atoms with E-state index in [1.54, 1.807) is 0 Å². The van der Waals surface area contributed by atoms with E-state index in [0.29, 0.717) is 12.8 Å². The first-order chi connectivity index (χ1) is 36.3. The molecule has 17 unspecified atom stereocenters. The van der Waals surface area contributed by atoms with Crippen LogP contribution in [0.2, 0.25) is 0 Å². The van der Waals surface area contributed by atoms with Gasteiger partial charge < -0.3 is 89.9 Å². The largest absolute Gasteiger partial charge is 0.394 e. The van der Waals surface area contributed by atoms with E-state index in [9.17, 15) is 61.0 Å². The zero-order valence-electron chi connectivity index (χ0n) is 45.8. The van der Waals surface area contributed by atoms with Crippen LogP contribution in [0.4, 0.5) is 0 Å². The number of ether oxygens (including phenoxy) is 6. The standard InChI is InChI=1S/C56H105NO18/c1-3-5-7-9-11-13-15-17-18-19-20-21-22-23-25-27-29-31-33-40(61)39(57-44(62)34-32-30-28-26-24-16-14-12-10-8-6-4-2)38-70-54-50(68)47(65)52(42(36-59)72-54)75-56-51(69)48(66)53(43(37-60)73-56)74-55-49(67)46(64)45(63)41(35-58)71-55/h12,14,39-43,45-56,58-61,63-69H,3-11,13,15-38H2,1-2H3,(H,57,62)/b14-12-. The first kappa shape index (κ1) is 67.8. The van der Waals surface area contributed by atoms with E-state index in [1.807, 2.05) is 0 Å². The molecule has 3 aliphatic rings. The van der Waals surface area contributed by atoms with Crippen LogP contribution in [-0.2, 0) is 33.2 Å². The molecule has 0 bridgehead atoms. The van der Waals surface area contributed by atoms with Gasteiger partial charge in [-0.2, -0.15) is 0 Å². The first-order valence-electron chi connectivity index (χ1n) is 29.4. The van der Waals surface area contributed by atoms with Gasteiger partial charge in [0.25, 0.3) is 0 Å². The number of carbonyl (C=O) groups is 1. The molecule has 19 heteroatoms. The summed E-state index contributed by atoms with van der Waals surface area (Å²) in [6, 6.07) is -0.886. The van der Waals surface area contributed by atoms with Crippen molar-refractivity contribution in [2.24, 2.45) is 0 Å². The van der Waals surface area contributed by atoms with Gasteiger partial charge in [-0.1, -0.05) is 174 Å². The number of carbonyl (C=O) groups excluding carboxylic acids is 1. The molecular formula is C56H105NO18. The lowest BCUT2D eigenvalue weighted by atomic mass is 9.96. The van der Waals surface area contributed by atoms with Crippen molar-refractivity contribution in [3.05, 3.63) is 12.2 Å². The van der Waals surface area contributed by atoms with Gasteiger partial charge in [-0.15, -0.1) is 0 Å². The molecule has 0 aromatic rings. The Morgan fingerprint density at radius 3 is 1.32 bits per heavy atom. The highest BCUT2D eigenvalue weighted by molar-refractivity contribution is 5.76. The predicted molar refractivity (Wildman–Crippen MR) is 282 cm³/mol. The molecule has 0 spiro atoms. The SMILES string of the molecule is CCCCC/C=C\CCCCCCCC(=O)NC(COC1OC(CO)C(OC2OC(CO)C(OC3OC(CO)C(O)C(O)C3O)C(O)C2O)C(O)C1O)C(O)CCCCCCCCCCCCCCCCCCCC. The minimum absolute atomic E-state index is 0.252. The van der Waals surface area contributed by atoms with Gasteiger partial charge in [0.15, 0.2) is 18.9 Å². The lowest BCUT2D eigenvalue weighted by Gasteiger charge is -2.48. The molecule has 0 aliphatic carbocycles. The van der Waals surface area contributed by atoms with Crippen molar-refractivity contribution in [3.63, 3.8) is 0 Å². The zero-order chi connectivity index (χ0) is 54.8. The number of unbranched alkanes of at least 4 members (excludes halogenated alkanes) is 25. The third-order valence-electron chi connectivity index (χ3n) is 15.1. The van der Waals surface area contributed by atoms with Gasteiger partial charge in [0.1, 0.15) is 73.2 Å². The summed E-state index contributed by atoms with van der Waals surface area (Å²) in [5, 5.41) is 120. The molecule has 12 N–H and O–H groups in total. The number of hydrogen-bond acceptors (Lipinski definition) is 18. The molecule has 0 aromatic heterocycles. The Morgan fingerprint density at radius 1 is 0.467 bits per heavy atom. The number of allylic oxidation sites excluding steroid dienone is 2. The fourth-order valence-corrected chi connectivity index (χ4v) is 10.2. The van der Waals surface area contributed by atoms with Gasteiger partial charge in [-0.3, -0.25) is 4.79 Å². The number of amides is 1. The quantitative estimate of drug-likeness (QED) is 0.0293. The van der Waals surface area contributed by atoms with Gasteiger partial charge in [0, 0.05) is 6.42 Å². The van der Waals surface area contributed by atoms with Crippen molar-refractivity contribution in [3.8, 4) is 0 Å². The number of aliphatic hydroxyl groups excluding tert-OH is 11. The fourth-order valence-electron chi connectivity index (χ4n) is 10.2. The Balaban J connectivity index is 1.50. The minimum Gasteiger partial charge on any atom is -0.394 e. The van der Waals surface area contributed by atoms with Crippen LogP contribution in [0, 0.1) is 0 Å². The molecule has 17 atom stereocenters. The highest BCUT2D eigenvalue weighted by Crippen LogP contribution is 2.33. The lowest BCUT2D eigenvalue weighted by molar-refractivity contribution is -0.379. The van der Waals surface area contributed by atoms with Crippen LogP contribution in [0.1, 0.15) is 206 Å². The summed E-state index contributed by atoms with van der Waals surface area (Å²) in [5.41, 5.74) is 0. The molecule has 0 radical (unpaired) electrons. The Labute approximate surface area is 448 Å². The van der Waals surface area contributed by atoms with Crippen LogP contribution in [0.3, 0.4) is 0 Å². The van der Waals surface area contributed by atoms with E-state index < -0.39 is 124 Å². The number of aliphatic hydroxyl groups is 11. The van der Waals surface area contributed by atoms with E-state index in [2.05, 4.69) is 31.3 Å². The second-order valence-corrected chi connectivity index (χ2v) is 21.5. The van der Waals surface area contributed by atoms with Crippen LogP contribution in [0.15, 0.2) is 12.2 Å². The molecule has 19 nitrogen and oxygen atoms in total. The third kappa shape index (κ3) is 25.3. The summed E-state index contributed by atoms with van der Waals surface area (Å²) in [4.78, 5) is 13.3. The van der Waals surface area contributed by atoms with Crippen LogP contribution in [0.5, 0.6) is 0 Å². The lowest BCUT2D eigenvalue weighted by Crippen LogP contribution is -2.66. The van der Waals surface area contributed by atoms with Crippen LogP contribution in [-0.4, -0.2) is 193 Å². The Bertz CT molecular complexity index is 1430. The summed E-state index contributed by atoms with van der Waals surface area (Å²) in [5.74, 6) is -0.252. The molecule has 3 rings (SSSR count). The normalized spacial score (nSPS) is 31.2. The summed E-state index contributed by atoms with van der Waals surface area (Å²) in [7, 11) is 0. The molecule has 0 saturated carbocycles. The van der Waals surface area contributed by atoms with Crippen molar-refractivity contribution in [2.45, 2.75) is 311 Å². The fraction of sp³-hybridized carbons (Fsp3) is 0.946. The van der Waals surface area contributed by atoms with Gasteiger partial charge in [0.05, 0.1) is 38.6 Å². The summed E-state index contributed by atoms with van der Waals surface area (Å²) in [6.07, 6.45) is 11.6. The number of hydrogen-bond donors (Lipinski definition) is 12. The Morgan fingerprint density at radius 2 is 0.840 bits per heavy atom. The second kappa shape index (κ2) is 40.7. The van der Waals surface area contributed by atoms with E-state index in [0.717, 1.165) is 64.2 Å². The maximum absolute atomic E-state index is 13.3. The third-order valence-corrected chi connectivity index (χ3v) is 15.1. The zero-order valence-corrected chi connectivity index (χ0v) is 45.8. The van der Waals surface area contributed by atoms with Crippen molar-refractivity contribution in [1.82, 2.24) is 5.32 Å². The predicted octanol–water partition coefficient (Wildman–Crippen LogP) is 4.60. The number of rotatable bonds is 43. The van der Waals surface area contributed by atoms with Crippen molar-refractivity contribution in [1.29, 1.82) is 0 Å². The Hall–Kier alpha value is -1.47. The van der Waals surface area contributed by atoms with Crippen LogP contribution >= 0.6 is 0 Å². The minimum atomic E-state index is -1.97. The van der Waals surface area contributed by atoms with Gasteiger partial charge in [-0.25, -0.2) is 0 Å². The molecule has 1 amide bonds. The smallest absolute Gasteiger partial charge is 0.220 e. The van der Waals surface area contributed by atoms with Crippen molar-refractivity contribution in [2.75, 3.05) is 26.4 Å². The van der Waals surface area contributed by atoms with Gasteiger partial charge in [0.2, 0.25) is 5.91 Å². The average molecular weight is 1080 g/mol. The molecular weight excluding hydrogens is 975 g/mol. The summed E-state index contributed by atoms with van der Waals surface area (Å²) >= 11 is 0. The van der Waals surface area contributed by atoms with E-state index in [1.165, 1.54) is 109 Å². The van der Waals surface area contributed by atoms with E-state index in [-0.39, 0.29) is 18.9 Å². The summed E-state index contributed by atoms with van der Waals surface area (Å²) in [6.45, 7) is 1.75. The maximum Gasteiger partial charge on any atom is 0.220 e. The van der Waals surface area contributed by atoms with Crippen LogP contribution < -0.4 is 5.32 Å². The first-order valence-corrected chi connectivity index (χ1v) is 29.4. The summed E-state index contributed by atoms with van der Waals surface area (Å²) < 4.78 is 34.3. The molecule has 0 aromatic carbocycles. The van der Waals surface area contributed by atoms with Crippen molar-refractivity contribution < 1.29 is 89.4 Å². The molecule has 3 saturated heterocycles. The topological polar surface area (TPSA) is 307 Å². The maximum atomic E-state index is 13.3. The molecule has 3 fully saturated rings. The second-order valence-electron chi connectivity index (χ2n) is 21.5.